The average molecular weight is 456 g/mol. The van der Waals surface area contributed by atoms with Crippen LogP contribution in [0.1, 0.15) is 34.8 Å². The molecule has 1 amide bonds. The second kappa shape index (κ2) is 9.64. The third-order valence-electron chi connectivity index (χ3n) is 5.55. The van der Waals surface area contributed by atoms with Crippen LogP contribution >= 0.6 is 11.8 Å². The number of likely N-dealkylation sites (tertiary alicyclic amines) is 1. The lowest BCUT2D eigenvalue weighted by Gasteiger charge is -2.24. The molecule has 3 aromatic rings. The quantitative estimate of drug-likeness (QED) is 0.551. The van der Waals surface area contributed by atoms with Gasteiger partial charge in [-0.1, -0.05) is 54.2 Å². The number of hydrogen-bond donors (Lipinski definition) is 2. The standard InChI is InChI=1S/C25H21N5O2S/c26-14-19-21(16-8-10-18(31)11-9-16)20(15-27)24(29-23(19)28)33-22(17-6-2-1-3-7-17)25(32)30-12-4-5-13-30/h1-3,6-11,22,31H,4-5,12-13H2,(H2,28,29). The number of nitrogen functional groups attached to an aromatic ring is 1. The van der Waals surface area contributed by atoms with Gasteiger partial charge in [-0.25, -0.2) is 4.98 Å². The Morgan fingerprint density at radius 2 is 1.67 bits per heavy atom. The number of pyridine rings is 1. The third kappa shape index (κ3) is 4.48. The van der Waals surface area contributed by atoms with Gasteiger partial charge < -0.3 is 15.7 Å². The molecule has 0 spiro atoms. The van der Waals surface area contributed by atoms with Crippen LogP contribution in [0.5, 0.6) is 5.75 Å². The van der Waals surface area contributed by atoms with Gasteiger partial charge in [0.25, 0.3) is 0 Å². The van der Waals surface area contributed by atoms with E-state index in [4.69, 9.17) is 5.73 Å². The summed E-state index contributed by atoms with van der Waals surface area (Å²) >= 11 is 1.17. The normalized spacial score (nSPS) is 13.8. The van der Waals surface area contributed by atoms with Crippen LogP contribution in [0.4, 0.5) is 5.82 Å². The molecule has 1 aliphatic rings. The fourth-order valence-corrected chi connectivity index (χ4v) is 5.09. The highest BCUT2D eigenvalue weighted by molar-refractivity contribution is 8.00. The Labute approximate surface area is 196 Å². The van der Waals surface area contributed by atoms with Crippen molar-refractivity contribution in [1.29, 1.82) is 10.5 Å². The summed E-state index contributed by atoms with van der Waals surface area (Å²) in [4.78, 5) is 19.6. The molecule has 2 heterocycles. The number of rotatable bonds is 5. The second-order valence-corrected chi connectivity index (χ2v) is 8.73. The van der Waals surface area contributed by atoms with Crippen molar-refractivity contribution < 1.29 is 9.90 Å². The van der Waals surface area contributed by atoms with Gasteiger partial charge in [-0.15, -0.1) is 0 Å². The minimum Gasteiger partial charge on any atom is -0.508 e. The number of nitrogens with zero attached hydrogens (tertiary/aromatic N) is 4. The number of thioether (sulfide) groups is 1. The summed E-state index contributed by atoms with van der Waals surface area (Å²) in [6.07, 6.45) is 1.93. The zero-order chi connectivity index (χ0) is 23.4. The van der Waals surface area contributed by atoms with E-state index in [-0.39, 0.29) is 28.6 Å². The molecule has 1 unspecified atom stereocenters. The number of anilines is 1. The second-order valence-electron chi connectivity index (χ2n) is 7.64. The minimum atomic E-state index is -0.607. The van der Waals surface area contributed by atoms with Gasteiger partial charge in [0.1, 0.15) is 39.5 Å². The van der Waals surface area contributed by atoms with Crippen LogP contribution in [0.2, 0.25) is 0 Å². The molecule has 33 heavy (non-hydrogen) atoms. The lowest BCUT2D eigenvalue weighted by Crippen LogP contribution is -2.31. The molecule has 4 rings (SSSR count). The van der Waals surface area contributed by atoms with Crippen LogP contribution in [0.15, 0.2) is 59.6 Å². The van der Waals surface area contributed by atoms with Gasteiger partial charge in [0, 0.05) is 18.7 Å². The van der Waals surface area contributed by atoms with Crippen LogP contribution in [0.3, 0.4) is 0 Å². The number of carbonyl (C=O) groups excluding carboxylic acids is 1. The van der Waals surface area contributed by atoms with Crippen molar-refractivity contribution >= 4 is 23.5 Å². The van der Waals surface area contributed by atoms with Crippen LogP contribution in [0, 0.1) is 22.7 Å². The lowest BCUT2D eigenvalue weighted by atomic mass is 9.97. The van der Waals surface area contributed by atoms with Crippen LogP contribution in [0.25, 0.3) is 11.1 Å². The van der Waals surface area contributed by atoms with E-state index in [0.717, 1.165) is 18.4 Å². The summed E-state index contributed by atoms with van der Waals surface area (Å²) in [5.41, 5.74) is 8.10. The van der Waals surface area contributed by atoms with Gasteiger partial charge in [-0.3, -0.25) is 4.79 Å². The number of amides is 1. The number of phenols is 1. The number of hydrogen-bond acceptors (Lipinski definition) is 7. The monoisotopic (exact) mass is 455 g/mol. The van der Waals surface area contributed by atoms with Crippen molar-refractivity contribution in [2.45, 2.75) is 23.1 Å². The van der Waals surface area contributed by atoms with E-state index in [2.05, 4.69) is 11.1 Å². The van der Waals surface area contributed by atoms with E-state index < -0.39 is 5.25 Å². The smallest absolute Gasteiger partial charge is 0.240 e. The van der Waals surface area contributed by atoms with E-state index >= 15 is 0 Å². The highest BCUT2D eigenvalue weighted by Gasteiger charge is 2.31. The molecule has 1 aliphatic heterocycles. The molecule has 1 saturated heterocycles. The van der Waals surface area contributed by atoms with Crippen LogP contribution in [-0.2, 0) is 4.79 Å². The molecule has 1 fully saturated rings. The summed E-state index contributed by atoms with van der Waals surface area (Å²) in [6.45, 7) is 1.41. The SMILES string of the molecule is N#Cc1c(N)nc(SC(C(=O)N2CCCC2)c2ccccc2)c(C#N)c1-c1ccc(O)cc1. The number of aromatic hydroxyl groups is 1. The first-order valence-corrected chi connectivity index (χ1v) is 11.3. The predicted molar refractivity (Wildman–Crippen MR) is 126 cm³/mol. The molecule has 8 heteroatoms. The first-order valence-electron chi connectivity index (χ1n) is 10.5. The Bertz CT molecular complexity index is 1260. The predicted octanol–water partition coefficient (Wildman–Crippen LogP) is 4.24. The molecule has 0 bridgehead atoms. The summed E-state index contributed by atoms with van der Waals surface area (Å²) < 4.78 is 0. The molecule has 0 saturated carbocycles. The Hall–Kier alpha value is -4.01. The number of carbonyl (C=O) groups is 1. The Morgan fingerprint density at radius 3 is 2.27 bits per heavy atom. The zero-order valence-electron chi connectivity index (χ0n) is 17.7. The van der Waals surface area contributed by atoms with Crippen molar-refractivity contribution in [3.05, 3.63) is 71.3 Å². The number of benzene rings is 2. The summed E-state index contributed by atoms with van der Waals surface area (Å²) in [6, 6.07) is 19.8. The molecule has 3 N–H and O–H groups in total. The molecule has 0 radical (unpaired) electrons. The number of nitrogens with two attached hydrogens (primary N) is 1. The maximum absolute atomic E-state index is 13.4. The van der Waals surface area contributed by atoms with E-state index in [1.807, 2.05) is 41.3 Å². The molecule has 1 aromatic heterocycles. The minimum absolute atomic E-state index is 0.0116. The largest absolute Gasteiger partial charge is 0.508 e. The van der Waals surface area contributed by atoms with Gasteiger partial charge in [0.05, 0.1) is 5.56 Å². The summed E-state index contributed by atoms with van der Waals surface area (Å²) in [5, 5.41) is 29.1. The van der Waals surface area contributed by atoms with Crippen molar-refractivity contribution in [3.8, 4) is 29.0 Å². The van der Waals surface area contributed by atoms with Gasteiger partial charge in [-0.05, 0) is 36.1 Å². The summed E-state index contributed by atoms with van der Waals surface area (Å²) in [7, 11) is 0. The first kappa shape index (κ1) is 22.2. The highest BCUT2D eigenvalue weighted by Crippen LogP contribution is 2.42. The topological polar surface area (TPSA) is 127 Å². The number of phenolic OH excluding ortho intramolecular Hbond substituents is 1. The van der Waals surface area contributed by atoms with Crippen molar-refractivity contribution in [2.75, 3.05) is 18.8 Å². The van der Waals surface area contributed by atoms with Crippen molar-refractivity contribution in [1.82, 2.24) is 9.88 Å². The van der Waals surface area contributed by atoms with Crippen molar-refractivity contribution in [3.63, 3.8) is 0 Å². The maximum Gasteiger partial charge on any atom is 0.240 e. The van der Waals surface area contributed by atoms with Gasteiger partial charge in [-0.2, -0.15) is 10.5 Å². The summed E-state index contributed by atoms with van der Waals surface area (Å²) in [5.74, 6) is 0.0127. The van der Waals surface area contributed by atoms with Gasteiger partial charge in [0.2, 0.25) is 5.91 Å². The average Bonchev–Trinajstić information content (AvgIpc) is 3.38. The lowest BCUT2D eigenvalue weighted by molar-refractivity contribution is -0.129. The first-order chi connectivity index (χ1) is 16.0. The molecule has 1 atom stereocenters. The van der Waals surface area contributed by atoms with Crippen LogP contribution < -0.4 is 5.73 Å². The van der Waals surface area contributed by atoms with E-state index in [0.29, 0.717) is 29.2 Å². The zero-order valence-corrected chi connectivity index (χ0v) is 18.5. The van der Waals surface area contributed by atoms with Crippen molar-refractivity contribution in [2.24, 2.45) is 0 Å². The fourth-order valence-electron chi connectivity index (χ4n) is 3.90. The Morgan fingerprint density at radius 1 is 1.03 bits per heavy atom. The fraction of sp³-hybridized carbons (Fsp3) is 0.200. The highest BCUT2D eigenvalue weighted by atomic mass is 32.2. The number of aromatic nitrogens is 1. The molecule has 7 nitrogen and oxygen atoms in total. The Balaban J connectivity index is 1.85. The van der Waals surface area contributed by atoms with E-state index in [1.165, 1.54) is 23.9 Å². The number of nitriles is 2. The maximum atomic E-state index is 13.4. The van der Waals surface area contributed by atoms with Crippen LogP contribution in [-0.4, -0.2) is 34.0 Å². The van der Waals surface area contributed by atoms with Gasteiger partial charge >= 0.3 is 0 Å². The Kier molecular flexibility index (Phi) is 6.48. The van der Waals surface area contributed by atoms with E-state index in [9.17, 15) is 20.4 Å². The van der Waals surface area contributed by atoms with Gasteiger partial charge in [0.15, 0.2) is 0 Å². The molecular weight excluding hydrogens is 434 g/mol. The molecular formula is C25H21N5O2S. The molecule has 164 valence electrons. The van der Waals surface area contributed by atoms with E-state index in [1.54, 1.807) is 12.1 Å². The molecule has 0 aliphatic carbocycles. The molecule has 2 aromatic carbocycles. The third-order valence-corrected chi connectivity index (χ3v) is 6.77.